The summed E-state index contributed by atoms with van der Waals surface area (Å²) in [6.45, 7) is 2.92. The molecule has 1 amide bonds. The third-order valence-corrected chi connectivity index (χ3v) is 4.56. The minimum absolute atomic E-state index is 0.0149. The smallest absolute Gasteiger partial charge is 0.339 e. The van der Waals surface area contributed by atoms with E-state index in [4.69, 9.17) is 13.9 Å². The molecule has 2 heterocycles. The first-order chi connectivity index (χ1) is 11.2. The minimum atomic E-state index is -3.79. The van der Waals surface area contributed by atoms with E-state index in [0.29, 0.717) is 0 Å². The number of carbonyl (C=O) groups is 2. The molecular formula is C14H16N2O7S. The number of hydrogen-bond donors (Lipinski definition) is 3. The number of carboxylic acid groups (broad SMARTS) is 1. The van der Waals surface area contributed by atoms with E-state index >= 15 is 0 Å². The molecule has 3 N–H and O–H groups in total. The third kappa shape index (κ3) is 3.49. The third-order valence-electron chi connectivity index (χ3n) is 3.30. The normalized spacial score (nSPS) is 11.5. The molecule has 0 aromatic carbocycles. The van der Waals surface area contributed by atoms with Gasteiger partial charge in [-0.05, 0) is 27.0 Å². The molecule has 130 valence electrons. The second kappa shape index (κ2) is 6.49. The Kier molecular flexibility index (Phi) is 4.81. The van der Waals surface area contributed by atoms with Gasteiger partial charge in [-0.1, -0.05) is 0 Å². The van der Waals surface area contributed by atoms with E-state index in [0.717, 1.165) is 6.07 Å². The summed E-state index contributed by atoms with van der Waals surface area (Å²) in [6, 6.07) is 2.43. The molecule has 2 aromatic heterocycles. The van der Waals surface area contributed by atoms with Crippen molar-refractivity contribution in [2.45, 2.75) is 25.5 Å². The second-order valence-electron chi connectivity index (χ2n) is 4.91. The van der Waals surface area contributed by atoms with Gasteiger partial charge in [0.1, 0.15) is 22.8 Å². The van der Waals surface area contributed by atoms with Crippen LogP contribution in [0.25, 0.3) is 0 Å². The maximum atomic E-state index is 12.1. The van der Waals surface area contributed by atoms with Gasteiger partial charge in [-0.25, -0.2) is 17.9 Å². The summed E-state index contributed by atoms with van der Waals surface area (Å²) in [4.78, 5) is 23.1. The molecule has 9 nitrogen and oxygen atoms in total. The summed E-state index contributed by atoms with van der Waals surface area (Å²) in [7, 11) is -2.56. The largest absolute Gasteiger partial charge is 0.478 e. The van der Waals surface area contributed by atoms with Crippen molar-refractivity contribution in [2.75, 3.05) is 7.05 Å². The number of aryl methyl sites for hydroxylation is 2. The van der Waals surface area contributed by atoms with Gasteiger partial charge in [0.25, 0.3) is 15.9 Å². The van der Waals surface area contributed by atoms with E-state index in [1.54, 1.807) is 0 Å². The maximum absolute atomic E-state index is 12.1. The van der Waals surface area contributed by atoms with Crippen LogP contribution in [0.5, 0.6) is 0 Å². The number of rotatable bonds is 6. The predicted octanol–water partition coefficient (Wildman–Crippen LogP) is 1.03. The van der Waals surface area contributed by atoms with Crippen LogP contribution in [0.1, 0.15) is 38.0 Å². The van der Waals surface area contributed by atoms with Crippen LogP contribution in [-0.4, -0.2) is 32.4 Å². The second-order valence-corrected chi connectivity index (χ2v) is 6.73. The molecule has 2 rings (SSSR count). The van der Waals surface area contributed by atoms with Crippen LogP contribution in [0.3, 0.4) is 0 Å². The van der Waals surface area contributed by atoms with Gasteiger partial charge in [-0.3, -0.25) is 4.79 Å². The monoisotopic (exact) mass is 356 g/mol. The Morgan fingerprint density at radius 3 is 2.29 bits per heavy atom. The summed E-state index contributed by atoms with van der Waals surface area (Å²) in [6.07, 6.45) is 0. The van der Waals surface area contributed by atoms with Crippen molar-refractivity contribution in [3.05, 3.63) is 40.5 Å². The van der Waals surface area contributed by atoms with E-state index in [-0.39, 0.29) is 40.0 Å². The fourth-order valence-electron chi connectivity index (χ4n) is 2.02. The minimum Gasteiger partial charge on any atom is -0.478 e. The van der Waals surface area contributed by atoms with Crippen molar-refractivity contribution in [3.63, 3.8) is 0 Å². The van der Waals surface area contributed by atoms with Crippen LogP contribution < -0.4 is 10.0 Å². The van der Waals surface area contributed by atoms with E-state index in [2.05, 4.69) is 10.0 Å². The lowest BCUT2D eigenvalue weighted by Crippen LogP contribution is -2.23. The molecule has 0 atom stereocenters. The number of sulfonamides is 1. The van der Waals surface area contributed by atoms with Crippen LogP contribution in [-0.2, 0) is 16.6 Å². The van der Waals surface area contributed by atoms with Crippen molar-refractivity contribution in [2.24, 2.45) is 0 Å². The van der Waals surface area contributed by atoms with Gasteiger partial charge in [0.2, 0.25) is 5.09 Å². The van der Waals surface area contributed by atoms with Gasteiger partial charge in [-0.2, -0.15) is 0 Å². The number of aromatic carboxylic acids is 1. The molecule has 0 aliphatic rings. The average Bonchev–Trinajstić information content (AvgIpc) is 3.08. The highest BCUT2D eigenvalue weighted by Crippen LogP contribution is 2.19. The number of nitrogens with one attached hydrogen (secondary N) is 2. The fraction of sp³-hybridized carbons (Fsp3) is 0.286. The molecule has 0 aliphatic heterocycles. The number of hydrogen-bond acceptors (Lipinski definition) is 6. The first-order valence-corrected chi connectivity index (χ1v) is 8.28. The van der Waals surface area contributed by atoms with Crippen LogP contribution in [0.15, 0.2) is 26.1 Å². The van der Waals surface area contributed by atoms with E-state index in [1.165, 1.54) is 27.0 Å². The molecule has 10 heteroatoms. The molecule has 0 spiro atoms. The standard InChI is InChI=1S/C14H16N2O7S/c1-7-10(5-12(23-7)24(20,21)15-3)13(17)16-6-9-4-11(14(18)19)8(2)22-9/h4-5,15H,6H2,1-3H3,(H,16,17)(H,18,19). The Morgan fingerprint density at radius 2 is 1.75 bits per heavy atom. The van der Waals surface area contributed by atoms with Crippen LogP contribution in [0, 0.1) is 13.8 Å². The summed E-state index contributed by atoms with van der Waals surface area (Å²) < 4.78 is 35.8. The Labute approximate surface area is 137 Å². The SMILES string of the molecule is CNS(=O)(=O)c1cc(C(=O)NCc2cc(C(=O)O)c(C)o2)c(C)o1. The predicted molar refractivity (Wildman–Crippen MR) is 81.3 cm³/mol. The Hall–Kier alpha value is -2.59. The number of furan rings is 2. The van der Waals surface area contributed by atoms with Crippen LogP contribution in [0.4, 0.5) is 0 Å². The fourth-order valence-corrected chi connectivity index (χ4v) is 2.73. The first-order valence-electron chi connectivity index (χ1n) is 6.80. The Bertz CT molecular complexity index is 892. The zero-order chi connectivity index (χ0) is 18.1. The van der Waals surface area contributed by atoms with Gasteiger partial charge < -0.3 is 19.3 Å². The lowest BCUT2D eigenvalue weighted by Gasteiger charge is -2.01. The highest BCUT2D eigenvalue weighted by Gasteiger charge is 2.23. The highest BCUT2D eigenvalue weighted by molar-refractivity contribution is 7.89. The van der Waals surface area contributed by atoms with Gasteiger partial charge >= 0.3 is 5.97 Å². The first kappa shape index (κ1) is 17.8. The van der Waals surface area contributed by atoms with Crippen LogP contribution in [0.2, 0.25) is 0 Å². The molecule has 0 saturated heterocycles. The van der Waals surface area contributed by atoms with Crippen molar-refractivity contribution < 1.29 is 31.9 Å². The average molecular weight is 356 g/mol. The van der Waals surface area contributed by atoms with Gasteiger partial charge in [0.05, 0.1) is 12.1 Å². The van der Waals surface area contributed by atoms with Gasteiger partial charge in [0, 0.05) is 6.07 Å². The summed E-state index contributed by atoms with van der Waals surface area (Å²) >= 11 is 0. The summed E-state index contributed by atoms with van der Waals surface area (Å²) in [5.41, 5.74) is 0.0756. The molecule has 0 radical (unpaired) electrons. The van der Waals surface area contributed by atoms with E-state index in [1.807, 2.05) is 0 Å². The molecule has 0 aliphatic carbocycles. The lowest BCUT2D eigenvalue weighted by molar-refractivity contribution is 0.0694. The zero-order valence-corrected chi connectivity index (χ0v) is 14.0. The molecule has 0 bridgehead atoms. The van der Waals surface area contributed by atoms with E-state index < -0.39 is 21.9 Å². The lowest BCUT2D eigenvalue weighted by atomic mass is 10.2. The molecule has 0 unspecified atom stereocenters. The molecule has 24 heavy (non-hydrogen) atoms. The maximum Gasteiger partial charge on any atom is 0.339 e. The van der Waals surface area contributed by atoms with Crippen molar-refractivity contribution in [3.8, 4) is 0 Å². The summed E-state index contributed by atoms with van der Waals surface area (Å²) in [5.74, 6) is -1.06. The zero-order valence-electron chi connectivity index (χ0n) is 13.2. The van der Waals surface area contributed by atoms with Gasteiger partial charge in [-0.15, -0.1) is 0 Å². The van der Waals surface area contributed by atoms with Crippen molar-refractivity contribution >= 4 is 21.9 Å². The molecular weight excluding hydrogens is 340 g/mol. The topological polar surface area (TPSA) is 139 Å². The Balaban J connectivity index is 2.14. The number of carboxylic acids is 1. The Morgan fingerprint density at radius 1 is 1.12 bits per heavy atom. The number of carbonyl (C=O) groups excluding carboxylic acids is 1. The van der Waals surface area contributed by atoms with Crippen molar-refractivity contribution in [1.29, 1.82) is 0 Å². The molecule has 0 fully saturated rings. The van der Waals surface area contributed by atoms with Gasteiger partial charge in [0.15, 0.2) is 0 Å². The van der Waals surface area contributed by atoms with E-state index in [9.17, 15) is 18.0 Å². The quantitative estimate of drug-likeness (QED) is 0.702. The molecule has 2 aromatic rings. The van der Waals surface area contributed by atoms with Crippen LogP contribution >= 0.6 is 0 Å². The van der Waals surface area contributed by atoms with Crippen molar-refractivity contribution in [1.82, 2.24) is 10.0 Å². The molecule has 0 saturated carbocycles. The number of amides is 1. The highest BCUT2D eigenvalue weighted by atomic mass is 32.2. The summed E-state index contributed by atoms with van der Waals surface area (Å²) in [5, 5.41) is 11.1.